The van der Waals surface area contributed by atoms with Gasteiger partial charge in [-0.25, -0.2) is 0 Å². The van der Waals surface area contributed by atoms with E-state index in [-0.39, 0.29) is 11.9 Å². The zero-order valence-corrected chi connectivity index (χ0v) is 14.5. The van der Waals surface area contributed by atoms with Crippen LogP contribution in [0.15, 0.2) is 54.6 Å². The molecule has 0 saturated heterocycles. The zero-order valence-electron chi connectivity index (χ0n) is 14.5. The molecule has 3 rings (SSSR count). The van der Waals surface area contributed by atoms with Crippen LogP contribution in [-0.2, 0) is 0 Å². The maximum atomic E-state index is 12.0. The van der Waals surface area contributed by atoms with Crippen molar-refractivity contribution in [2.45, 2.75) is 19.9 Å². The Kier molecular flexibility index (Phi) is 4.84. The minimum Gasteiger partial charge on any atom is -0.497 e. The Morgan fingerprint density at radius 3 is 2.52 bits per heavy atom. The summed E-state index contributed by atoms with van der Waals surface area (Å²) in [5.74, 6) is 0.728. The van der Waals surface area contributed by atoms with Crippen molar-refractivity contribution < 1.29 is 9.53 Å². The van der Waals surface area contributed by atoms with E-state index in [9.17, 15) is 4.79 Å². The van der Waals surface area contributed by atoms with Gasteiger partial charge in [0.2, 0.25) is 0 Å². The maximum absolute atomic E-state index is 12.0. The molecule has 5 nitrogen and oxygen atoms in total. The number of nitrogens with zero attached hydrogens (tertiary/aromatic N) is 1. The molecule has 3 aromatic rings. The van der Waals surface area contributed by atoms with Crippen LogP contribution in [0.5, 0.6) is 5.75 Å². The van der Waals surface area contributed by atoms with Crippen molar-refractivity contribution in [2.75, 3.05) is 7.11 Å². The van der Waals surface area contributed by atoms with Gasteiger partial charge in [-0.15, -0.1) is 0 Å². The second-order valence-corrected chi connectivity index (χ2v) is 6.10. The lowest BCUT2D eigenvalue weighted by Crippen LogP contribution is -2.29. The molecule has 2 aromatic carbocycles. The van der Waals surface area contributed by atoms with Crippen LogP contribution >= 0.6 is 0 Å². The normalized spacial score (nSPS) is 10.7. The minimum atomic E-state index is -0.0665. The number of benzene rings is 2. The predicted molar refractivity (Wildman–Crippen MR) is 98.6 cm³/mol. The minimum absolute atomic E-state index is 0.0665. The molecule has 25 heavy (non-hydrogen) atoms. The van der Waals surface area contributed by atoms with E-state index in [0.29, 0.717) is 5.56 Å². The van der Waals surface area contributed by atoms with Crippen molar-refractivity contribution >= 4 is 5.91 Å². The Morgan fingerprint density at radius 2 is 1.84 bits per heavy atom. The van der Waals surface area contributed by atoms with E-state index < -0.39 is 0 Å². The van der Waals surface area contributed by atoms with Gasteiger partial charge in [0.05, 0.1) is 18.5 Å². The maximum Gasteiger partial charge on any atom is 0.251 e. The van der Waals surface area contributed by atoms with Crippen molar-refractivity contribution in [3.8, 4) is 28.3 Å². The first-order valence-corrected chi connectivity index (χ1v) is 8.18. The summed E-state index contributed by atoms with van der Waals surface area (Å²) in [6.07, 6.45) is 0. The number of hydrogen-bond acceptors (Lipinski definition) is 3. The van der Waals surface area contributed by atoms with Gasteiger partial charge < -0.3 is 10.1 Å². The van der Waals surface area contributed by atoms with Crippen LogP contribution in [0, 0.1) is 0 Å². The molecular formula is C20H21N3O2. The smallest absolute Gasteiger partial charge is 0.251 e. The van der Waals surface area contributed by atoms with Crippen LogP contribution in [0.1, 0.15) is 24.2 Å². The molecule has 0 spiro atoms. The van der Waals surface area contributed by atoms with Crippen LogP contribution in [0.2, 0.25) is 0 Å². The molecule has 5 heteroatoms. The summed E-state index contributed by atoms with van der Waals surface area (Å²) in [6, 6.07) is 17.3. The first kappa shape index (κ1) is 16.8. The average molecular weight is 335 g/mol. The van der Waals surface area contributed by atoms with E-state index >= 15 is 0 Å². The Balaban J connectivity index is 1.81. The fourth-order valence-electron chi connectivity index (χ4n) is 2.55. The molecule has 0 atom stereocenters. The second-order valence-electron chi connectivity index (χ2n) is 6.10. The summed E-state index contributed by atoms with van der Waals surface area (Å²) in [4.78, 5) is 12.0. The topological polar surface area (TPSA) is 67.0 Å². The molecule has 0 radical (unpaired) electrons. The van der Waals surface area contributed by atoms with Crippen molar-refractivity contribution in [3.63, 3.8) is 0 Å². The lowest BCUT2D eigenvalue weighted by atomic mass is 10.1. The lowest BCUT2D eigenvalue weighted by molar-refractivity contribution is 0.0943. The van der Waals surface area contributed by atoms with E-state index in [0.717, 1.165) is 28.3 Å². The number of aromatic amines is 1. The summed E-state index contributed by atoms with van der Waals surface area (Å²) < 4.78 is 5.25. The first-order valence-electron chi connectivity index (χ1n) is 8.18. The number of carbonyl (C=O) groups is 1. The summed E-state index contributed by atoms with van der Waals surface area (Å²) in [7, 11) is 1.64. The van der Waals surface area contributed by atoms with E-state index in [2.05, 4.69) is 15.5 Å². The molecule has 1 amide bonds. The summed E-state index contributed by atoms with van der Waals surface area (Å²) in [6.45, 7) is 3.88. The largest absolute Gasteiger partial charge is 0.497 e. The summed E-state index contributed by atoms with van der Waals surface area (Å²) in [5.41, 5.74) is 4.34. The van der Waals surface area contributed by atoms with Gasteiger partial charge in [-0.3, -0.25) is 9.89 Å². The third kappa shape index (κ3) is 3.88. The average Bonchev–Trinajstić information content (AvgIpc) is 3.11. The molecule has 128 valence electrons. The summed E-state index contributed by atoms with van der Waals surface area (Å²) in [5, 5.41) is 10.3. The number of H-pyrrole nitrogens is 1. The SMILES string of the molecule is COc1cccc(-c2cc(-c3ccc(C(=O)NC(C)C)cc3)[nH]n2)c1. The quantitative estimate of drug-likeness (QED) is 0.743. The van der Waals surface area contributed by atoms with Crippen molar-refractivity contribution in [3.05, 3.63) is 60.2 Å². The van der Waals surface area contributed by atoms with Gasteiger partial charge in [-0.05, 0) is 49.7 Å². The van der Waals surface area contributed by atoms with Crippen molar-refractivity contribution in [2.24, 2.45) is 0 Å². The standard InChI is InChI=1S/C20H21N3O2/c1-13(2)21-20(24)15-9-7-14(8-10-15)18-12-19(23-22-18)16-5-4-6-17(11-16)25-3/h4-13H,1-3H3,(H,21,24)(H,22,23). The molecule has 0 unspecified atom stereocenters. The van der Waals surface area contributed by atoms with Gasteiger partial charge in [0.25, 0.3) is 5.91 Å². The molecular weight excluding hydrogens is 314 g/mol. The molecule has 0 aliphatic rings. The molecule has 0 fully saturated rings. The highest BCUT2D eigenvalue weighted by atomic mass is 16.5. The fraction of sp³-hybridized carbons (Fsp3) is 0.200. The van der Waals surface area contributed by atoms with Crippen LogP contribution in [-0.4, -0.2) is 29.3 Å². The fourth-order valence-corrected chi connectivity index (χ4v) is 2.55. The number of amides is 1. The highest BCUT2D eigenvalue weighted by Gasteiger charge is 2.09. The van der Waals surface area contributed by atoms with E-state index in [4.69, 9.17) is 4.74 Å². The van der Waals surface area contributed by atoms with E-state index in [1.807, 2.05) is 68.4 Å². The van der Waals surface area contributed by atoms with E-state index in [1.165, 1.54) is 0 Å². The number of rotatable bonds is 5. The predicted octanol–water partition coefficient (Wildman–Crippen LogP) is 3.89. The van der Waals surface area contributed by atoms with Gasteiger partial charge in [-0.1, -0.05) is 24.3 Å². The third-order valence-electron chi connectivity index (χ3n) is 3.82. The third-order valence-corrected chi connectivity index (χ3v) is 3.82. The van der Waals surface area contributed by atoms with Gasteiger partial charge in [0.15, 0.2) is 0 Å². The number of aromatic nitrogens is 2. The Morgan fingerprint density at radius 1 is 1.08 bits per heavy atom. The van der Waals surface area contributed by atoms with Gasteiger partial charge in [0, 0.05) is 17.2 Å². The number of methoxy groups -OCH3 is 1. The zero-order chi connectivity index (χ0) is 17.8. The highest BCUT2D eigenvalue weighted by molar-refractivity contribution is 5.94. The molecule has 0 saturated carbocycles. The Hall–Kier alpha value is -3.08. The van der Waals surface area contributed by atoms with Crippen molar-refractivity contribution in [1.29, 1.82) is 0 Å². The summed E-state index contributed by atoms with van der Waals surface area (Å²) >= 11 is 0. The Bertz CT molecular complexity index is 867. The van der Waals surface area contributed by atoms with Gasteiger partial charge in [0.1, 0.15) is 5.75 Å². The van der Waals surface area contributed by atoms with Crippen LogP contribution in [0.4, 0.5) is 0 Å². The monoisotopic (exact) mass is 335 g/mol. The van der Waals surface area contributed by atoms with Crippen LogP contribution < -0.4 is 10.1 Å². The van der Waals surface area contributed by atoms with Crippen molar-refractivity contribution in [1.82, 2.24) is 15.5 Å². The first-order chi connectivity index (χ1) is 12.1. The molecule has 1 aromatic heterocycles. The number of carbonyl (C=O) groups excluding carboxylic acids is 1. The van der Waals surface area contributed by atoms with Gasteiger partial charge >= 0.3 is 0 Å². The number of hydrogen-bond donors (Lipinski definition) is 2. The van der Waals surface area contributed by atoms with E-state index in [1.54, 1.807) is 7.11 Å². The highest BCUT2D eigenvalue weighted by Crippen LogP contribution is 2.26. The Labute approximate surface area is 147 Å². The van der Waals surface area contributed by atoms with Gasteiger partial charge in [-0.2, -0.15) is 5.10 Å². The lowest BCUT2D eigenvalue weighted by Gasteiger charge is -2.08. The van der Waals surface area contributed by atoms with Crippen LogP contribution in [0.3, 0.4) is 0 Å². The molecule has 0 aliphatic heterocycles. The molecule has 0 aliphatic carbocycles. The molecule has 0 bridgehead atoms. The number of ether oxygens (including phenoxy) is 1. The molecule has 2 N–H and O–H groups in total. The van der Waals surface area contributed by atoms with Crippen LogP contribution in [0.25, 0.3) is 22.5 Å². The molecule has 1 heterocycles. The number of nitrogens with one attached hydrogen (secondary N) is 2. The second kappa shape index (κ2) is 7.21.